The fourth-order valence-electron chi connectivity index (χ4n) is 5.03. The fraction of sp³-hybridized carbons (Fsp3) is 0.407. The summed E-state index contributed by atoms with van der Waals surface area (Å²) in [5.41, 5.74) is 1.36. The minimum absolute atomic E-state index is 0.0578. The number of rotatable bonds is 7. The zero-order valence-electron chi connectivity index (χ0n) is 21.1. The van der Waals surface area contributed by atoms with Crippen LogP contribution >= 0.6 is 0 Å². The summed E-state index contributed by atoms with van der Waals surface area (Å²) < 4.78 is 38.0. The lowest BCUT2D eigenvalue weighted by Gasteiger charge is -2.33. The number of ether oxygens (including phenoxy) is 2. The van der Waals surface area contributed by atoms with Gasteiger partial charge in [-0.2, -0.15) is 4.31 Å². The Balaban J connectivity index is 1.30. The Morgan fingerprint density at radius 1 is 0.946 bits per heavy atom. The van der Waals surface area contributed by atoms with Crippen LogP contribution in [0.25, 0.3) is 10.9 Å². The number of methoxy groups -OCH3 is 2. The highest BCUT2D eigenvalue weighted by Gasteiger charge is 2.29. The number of carbonyl (C=O) groups excluding carboxylic acids is 1. The fourth-order valence-corrected chi connectivity index (χ4v) is 6.58. The smallest absolute Gasteiger partial charge is 0.243 e. The standard InChI is InChI=1S/C27H32N4O5S/c1-35-22-15-21(16-23(17-22)36-2)28-27(32)20-6-5-11-30(18-20)26-10-7-19-14-24(8-9-25(19)29-26)37(33,34)31-12-3-4-13-31/h7-10,14-17,20H,3-6,11-13,18H2,1-2H3,(H,28,32). The number of hydrogen-bond donors (Lipinski definition) is 1. The average molecular weight is 525 g/mol. The van der Waals surface area contributed by atoms with Crippen molar-refractivity contribution in [1.82, 2.24) is 9.29 Å². The van der Waals surface area contributed by atoms with Crippen molar-refractivity contribution in [2.24, 2.45) is 5.92 Å². The van der Waals surface area contributed by atoms with Crippen molar-refractivity contribution >= 4 is 38.3 Å². The second-order valence-electron chi connectivity index (χ2n) is 9.51. The monoisotopic (exact) mass is 524 g/mol. The zero-order chi connectivity index (χ0) is 26.0. The summed E-state index contributed by atoms with van der Waals surface area (Å²) in [5, 5.41) is 3.78. The molecule has 1 atom stereocenters. The van der Waals surface area contributed by atoms with Gasteiger partial charge in [-0.05, 0) is 56.0 Å². The summed E-state index contributed by atoms with van der Waals surface area (Å²) >= 11 is 0. The second kappa shape index (κ2) is 10.5. The first kappa shape index (κ1) is 25.3. The number of sulfonamides is 1. The number of pyridine rings is 1. The predicted octanol–water partition coefficient (Wildman–Crippen LogP) is 3.89. The van der Waals surface area contributed by atoms with Crippen LogP contribution in [0.4, 0.5) is 11.5 Å². The Hall–Kier alpha value is -3.37. The lowest BCUT2D eigenvalue weighted by Crippen LogP contribution is -2.41. The number of carbonyl (C=O) groups is 1. The molecule has 0 aliphatic carbocycles. The van der Waals surface area contributed by atoms with Crippen molar-refractivity contribution in [3.63, 3.8) is 0 Å². The molecule has 9 nitrogen and oxygen atoms in total. The van der Waals surface area contributed by atoms with Gasteiger partial charge in [-0.15, -0.1) is 0 Å². The Bertz CT molecular complexity index is 1380. The topological polar surface area (TPSA) is 101 Å². The molecule has 0 saturated carbocycles. The number of nitrogens with one attached hydrogen (secondary N) is 1. The molecule has 2 aliphatic heterocycles. The normalized spacial score (nSPS) is 18.6. The molecule has 196 valence electrons. The van der Waals surface area contributed by atoms with Crippen LogP contribution in [-0.4, -0.2) is 64.0 Å². The number of amides is 1. The number of fused-ring (bicyclic) bond motifs is 1. The molecule has 1 N–H and O–H groups in total. The molecule has 2 saturated heterocycles. The van der Waals surface area contributed by atoms with Crippen LogP contribution in [0.3, 0.4) is 0 Å². The van der Waals surface area contributed by atoms with Crippen LogP contribution < -0.4 is 19.7 Å². The summed E-state index contributed by atoms with van der Waals surface area (Å²) in [5.74, 6) is 1.74. The molecule has 2 aromatic carbocycles. The summed E-state index contributed by atoms with van der Waals surface area (Å²) in [6.07, 6.45) is 3.46. The van der Waals surface area contributed by atoms with E-state index in [1.165, 1.54) is 0 Å². The van der Waals surface area contributed by atoms with Crippen LogP contribution in [0.2, 0.25) is 0 Å². The minimum atomic E-state index is -3.48. The van der Waals surface area contributed by atoms with E-state index in [9.17, 15) is 13.2 Å². The Morgan fingerprint density at radius 3 is 2.38 bits per heavy atom. The molecule has 3 aromatic rings. The van der Waals surface area contributed by atoms with Gasteiger partial charge in [-0.25, -0.2) is 13.4 Å². The quantitative estimate of drug-likeness (QED) is 0.500. The molecule has 3 heterocycles. The van der Waals surface area contributed by atoms with Gasteiger partial charge in [-0.1, -0.05) is 0 Å². The van der Waals surface area contributed by atoms with E-state index in [1.54, 1.807) is 54.9 Å². The van der Waals surface area contributed by atoms with Crippen molar-refractivity contribution in [3.8, 4) is 11.5 Å². The van der Waals surface area contributed by atoms with Crippen LogP contribution in [0.15, 0.2) is 53.4 Å². The maximum Gasteiger partial charge on any atom is 0.243 e. The van der Waals surface area contributed by atoms with Crippen LogP contribution in [0.5, 0.6) is 11.5 Å². The van der Waals surface area contributed by atoms with Crippen LogP contribution in [-0.2, 0) is 14.8 Å². The highest BCUT2D eigenvalue weighted by atomic mass is 32.2. The van der Waals surface area contributed by atoms with Crippen molar-refractivity contribution in [2.45, 2.75) is 30.6 Å². The van der Waals surface area contributed by atoms with Crippen molar-refractivity contribution in [1.29, 1.82) is 0 Å². The summed E-state index contributed by atoms with van der Waals surface area (Å²) in [7, 11) is -0.332. The van der Waals surface area contributed by atoms with Crippen LogP contribution in [0, 0.1) is 5.92 Å². The highest BCUT2D eigenvalue weighted by Crippen LogP contribution is 2.29. The van der Waals surface area contributed by atoms with E-state index in [0.717, 1.165) is 48.9 Å². The molecular formula is C27H32N4O5S. The highest BCUT2D eigenvalue weighted by molar-refractivity contribution is 7.89. The molecule has 1 aromatic heterocycles. The van der Waals surface area contributed by atoms with E-state index < -0.39 is 10.0 Å². The van der Waals surface area contributed by atoms with Gasteiger partial charge in [0.05, 0.1) is 30.5 Å². The van der Waals surface area contributed by atoms with E-state index >= 15 is 0 Å². The summed E-state index contributed by atoms with van der Waals surface area (Å²) in [6, 6.07) is 14.2. The third-order valence-corrected chi connectivity index (χ3v) is 8.98. The first-order chi connectivity index (χ1) is 17.9. The molecule has 5 rings (SSSR count). The predicted molar refractivity (Wildman–Crippen MR) is 143 cm³/mol. The Morgan fingerprint density at radius 2 is 1.68 bits per heavy atom. The molecule has 37 heavy (non-hydrogen) atoms. The number of piperidine rings is 1. The number of nitrogens with zero attached hydrogens (tertiary/aromatic N) is 3. The van der Waals surface area contributed by atoms with Gasteiger partial charge >= 0.3 is 0 Å². The zero-order valence-corrected chi connectivity index (χ0v) is 22.0. The van der Waals surface area contributed by atoms with Gasteiger partial charge in [0.15, 0.2) is 0 Å². The van der Waals surface area contributed by atoms with E-state index in [1.807, 2.05) is 12.1 Å². The van der Waals surface area contributed by atoms with Crippen molar-refractivity contribution in [2.75, 3.05) is 50.6 Å². The molecule has 1 unspecified atom stereocenters. The molecule has 0 radical (unpaired) electrons. The Kier molecular flexibility index (Phi) is 7.21. The van der Waals surface area contributed by atoms with Gasteiger partial charge in [0, 0.05) is 55.5 Å². The van der Waals surface area contributed by atoms with Gasteiger partial charge in [0.1, 0.15) is 17.3 Å². The van der Waals surface area contributed by atoms with Gasteiger partial charge in [-0.3, -0.25) is 4.79 Å². The first-order valence-corrected chi connectivity index (χ1v) is 14.0. The summed E-state index contributed by atoms with van der Waals surface area (Å²) in [4.78, 5) is 20.3. The number of anilines is 2. The lowest BCUT2D eigenvalue weighted by atomic mass is 9.97. The molecular weight excluding hydrogens is 492 g/mol. The molecule has 0 spiro atoms. The third kappa shape index (κ3) is 5.35. The minimum Gasteiger partial charge on any atom is -0.497 e. The van der Waals surface area contributed by atoms with Crippen molar-refractivity contribution in [3.05, 3.63) is 48.5 Å². The van der Waals surface area contributed by atoms with Gasteiger partial charge in [0.25, 0.3) is 0 Å². The van der Waals surface area contributed by atoms with E-state index in [0.29, 0.717) is 41.7 Å². The van der Waals surface area contributed by atoms with E-state index in [-0.39, 0.29) is 11.8 Å². The molecule has 0 bridgehead atoms. The van der Waals surface area contributed by atoms with Crippen LogP contribution in [0.1, 0.15) is 25.7 Å². The van der Waals surface area contributed by atoms with Gasteiger partial charge < -0.3 is 19.7 Å². The SMILES string of the molecule is COc1cc(NC(=O)C2CCCN(c3ccc4cc(S(=O)(=O)N5CCCC5)ccc4n3)C2)cc(OC)c1. The lowest BCUT2D eigenvalue weighted by molar-refractivity contribution is -0.120. The molecule has 2 aliphatic rings. The molecule has 1 amide bonds. The first-order valence-electron chi connectivity index (χ1n) is 12.6. The van der Waals surface area contributed by atoms with Gasteiger partial charge in [0.2, 0.25) is 15.9 Å². The second-order valence-corrected chi connectivity index (χ2v) is 11.4. The maximum absolute atomic E-state index is 13.1. The molecule has 2 fully saturated rings. The van der Waals surface area contributed by atoms with Crippen molar-refractivity contribution < 1.29 is 22.7 Å². The third-order valence-electron chi connectivity index (χ3n) is 7.08. The van der Waals surface area contributed by atoms with E-state index in [2.05, 4.69) is 10.2 Å². The molecule has 10 heteroatoms. The Labute approximate surface area is 217 Å². The largest absolute Gasteiger partial charge is 0.497 e. The summed E-state index contributed by atoms with van der Waals surface area (Å²) in [6.45, 7) is 2.50. The maximum atomic E-state index is 13.1. The number of aromatic nitrogens is 1. The number of hydrogen-bond acceptors (Lipinski definition) is 7. The average Bonchev–Trinajstić information content (AvgIpc) is 3.48. The van der Waals surface area contributed by atoms with E-state index in [4.69, 9.17) is 14.5 Å². The number of benzene rings is 2.